The van der Waals surface area contributed by atoms with Crippen molar-refractivity contribution >= 4 is 20.0 Å². The molecule has 4 nitrogen and oxygen atoms in total. The molecule has 0 atom stereocenters. The summed E-state index contributed by atoms with van der Waals surface area (Å²) in [6.07, 6.45) is 0.525. The molecule has 0 saturated heterocycles. The van der Waals surface area contributed by atoms with E-state index in [2.05, 4.69) is 9.99 Å². The molecule has 0 aromatic carbocycles. The molecule has 0 aliphatic heterocycles. The van der Waals surface area contributed by atoms with E-state index < -0.39 is 8.32 Å². The number of hydrogen-bond donors (Lipinski definition) is 0. The Kier molecular flexibility index (Phi) is 4.69. The van der Waals surface area contributed by atoms with E-state index in [0.717, 1.165) is 0 Å². The fraction of sp³-hybridized carbons (Fsp3) is 0.750. The Balaban J connectivity index is 4.32. The standard InChI is InChI=1S/C8H17NO3Si/c1-6-7(9-11-2)8(10)12-13(3,4)5/h6H2,1-5H3. The molecule has 0 bridgehead atoms. The van der Waals surface area contributed by atoms with E-state index in [1.807, 2.05) is 26.6 Å². The topological polar surface area (TPSA) is 47.9 Å². The van der Waals surface area contributed by atoms with Crippen LogP contribution in [0.25, 0.3) is 0 Å². The highest BCUT2D eigenvalue weighted by Crippen LogP contribution is 2.04. The van der Waals surface area contributed by atoms with Crippen LogP contribution in [0.3, 0.4) is 0 Å². The van der Waals surface area contributed by atoms with Crippen LogP contribution < -0.4 is 0 Å². The molecule has 5 heteroatoms. The molecule has 0 spiro atoms. The van der Waals surface area contributed by atoms with Crippen molar-refractivity contribution < 1.29 is 14.1 Å². The van der Waals surface area contributed by atoms with Crippen molar-refractivity contribution in [1.29, 1.82) is 0 Å². The minimum atomic E-state index is -1.81. The molecule has 0 aromatic rings. The summed E-state index contributed by atoms with van der Waals surface area (Å²) in [7, 11) is -0.400. The van der Waals surface area contributed by atoms with Crippen LogP contribution in [0.2, 0.25) is 19.6 Å². The maximum Gasteiger partial charge on any atom is 0.342 e. The highest BCUT2D eigenvalue weighted by molar-refractivity contribution is 6.72. The predicted octanol–water partition coefficient (Wildman–Crippen LogP) is 1.78. The number of oxime groups is 1. The Morgan fingerprint density at radius 3 is 2.23 bits per heavy atom. The van der Waals surface area contributed by atoms with Gasteiger partial charge in [-0.05, 0) is 26.1 Å². The lowest BCUT2D eigenvalue weighted by Gasteiger charge is -2.17. The summed E-state index contributed by atoms with van der Waals surface area (Å²) in [4.78, 5) is 15.9. The molecule has 0 unspecified atom stereocenters. The van der Waals surface area contributed by atoms with E-state index in [1.54, 1.807) is 0 Å². The maximum atomic E-state index is 11.4. The first kappa shape index (κ1) is 12.2. The quantitative estimate of drug-likeness (QED) is 0.397. The lowest BCUT2D eigenvalue weighted by molar-refractivity contribution is -0.127. The highest BCUT2D eigenvalue weighted by Gasteiger charge is 2.22. The van der Waals surface area contributed by atoms with E-state index in [1.165, 1.54) is 7.11 Å². The Morgan fingerprint density at radius 1 is 1.38 bits per heavy atom. The van der Waals surface area contributed by atoms with Crippen LogP contribution in [0.15, 0.2) is 5.16 Å². The molecule has 76 valence electrons. The summed E-state index contributed by atoms with van der Waals surface area (Å²) in [5.74, 6) is -0.358. The van der Waals surface area contributed by atoms with Crippen LogP contribution in [0.4, 0.5) is 0 Å². The van der Waals surface area contributed by atoms with E-state index >= 15 is 0 Å². The van der Waals surface area contributed by atoms with Gasteiger partial charge in [0.15, 0.2) is 5.71 Å². The van der Waals surface area contributed by atoms with Gasteiger partial charge in [0.2, 0.25) is 8.32 Å². The van der Waals surface area contributed by atoms with Crippen LogP contribution in [0.1, 0.15) is 13.3 Å². The molecule has 0 saturated carbocycles. The molecule has 0 rings (SSSR count). The third-order valence-corrected chi connectivity index (χ3v) is 1.97. The van der Waals surface area contributed by atoms with Crippen molar-refractivity contribution in [3.8, 4) is 0 Å². The number of carbonyl (C=O) groups is 1. The molecule has 0 radical (unpaired) electrons. The van der Waals surface area contributed by atoms with Gasteiger partial charge in [0.05, 0.1) is 0 Å². The summed E-state index contributed by atoms with van der Waals surface area (Å²) in [6, 6.07) is 0. The molecule has 13 heavy (non-hydrogen) atoms. The zero-order valence-corrected chi connectivity index (χ0v) is 9.88. The largest absolute Gasteiger partial charge is 0.515 e. The molecule has 0 heterocycles. The summed E-state index contributed by atoms with van der Waals surface area (Å²) in [6.45, 7) is 7.68. The first-order valence-corrected chi connectivity index (χ1v) is 7.65. The lowest BCUT2D eigenvalue weighted by atomic mass is 10.3. The fourth-order valence-electron chi connectivity index (χ4n) is 0.693. The van der Waals surface area contributed by atoms with Crippen LogP contribution >= 0.6 is 0 Å². The van der Waals surface area contributed by atoms with Crippen molar-refractivity contribution in [1.82, 2.24) is 0 Å². The summed E-state index contributed by atoms with van der Waals surface area (Å²) < 4.78 is 5.23. The molecule has 0 aliphatic rings. The first-order valence-electron chi connectivity index (χ1n) is 4.24. The molecule has 0 aliphatic carbocycles. The van der Waals surface area contributed by atoms with Gasteiger partial charge in [-0.25, -0.2) is 4.79 Å². The van der Waals surface area contributed by atoms with E-state index in [9.17, 15) is 4.79 Å². The number of carbonyl (C=O) groups excluding carboxylic acids is 1. The molecular weight excluding hydrogens is 186 g/mol. The predicted molar refractivity (Wildman–Crippen MR) is 54.2 cm³/mol. The third kappa shape index (κ3) is 5.40. The summed E-state index contributed by atoms with van der Waals surface area (Å²) in [5.41, 5.74) is 0.338. The Labute approximate surface area is 80.0 Å². The van der Waals surface area contributed by atoms with Gasteiger partial charge < -0.3 is 9.26 Å². The Morgan fingerprint density at radius 2 is 1.92 bits per heavy atom. The van der Waals surface area contributed by atoms with Crippen LogP contribution in [-0.4, -0.2) is 27.1 Å². The van der Waals surface area contributed by atoms with E-state index in [0.29, 0.717) is 12.1 Å². The average molecular weight is 203 g/mol. The second kappa shape index (κ2) is 5.01. The van der Waals surface area contributed by atoms with Gasteiger partial charge in [0, 0.05) is 0 Å². The second-order valence-electron chi connectivity index (χ2n) is 3.58. The van der Waals surface area contributed by atoms with Crippen LogP contribution in [0.5, 0.6) is 0 Å². The molecule has 0 fully saturated rings. The van der Waals surface area contributed by atoms with Crippen molar-refractivity contribution in [2.45, 2.75) is 33.0 Å². The van der Waals surface area contributed by atoms with Gasteiger partial charge in [-0.1, -0.05) is 12.1 Å². The molecular formula is C8H17NO3Si. The van der Waals surface area contributed by atoms with Crippen molar-refractivity contribution in [2.24, 2.45) is 5.16 Å². The smallest absolute Gasteiger partial charge is 0.342 e. The lowest BCUT2D eigenvalue weighted by Crippen LogP contribution is -2.32. The van der Waals surface area contributed by atoms with Gasteiger partial charge in [0.25, 0.3) is 0 Å². The minimum absolute atomic E-state index is 0.338. The number of nitrogens with zero attached hydrogens (tertiary/aromatic N) is 1. The Hall–Kier alpha value is -0.843. The van der Waals surface area contributed by atoms with Gasteiger partial charge in [0.1, 0.15) is 7.11 Å². The van der Waals surface area contributed by atoms with Gasteiger partial charge >= 0.3 is 5.97 Å². The maximum absolute atomic E-state index is 11.4. The first-order chi connectivity index (χ1) is 5.90. The van der Waals surface area contributed by atoms with Crippen LogP contribution in [0, 0.1) is 0 Å². The minimum Gasteiger partial charge on any atom is -0.515 e. The molecule has 0 amide bonds. The number of hydrogen-bond acceptors (Lipinski definition) is 4. The summed E-state index contributed by atoms with van der Waals surface area (Å²) >= 11 is 0. The van der Waals surface area contributed by atoms with E-state index in [-0.39, 0.29) is 5.97 Å². The van der Waals surface area contributed by atoms with Gasteiger partial charge in [-0.3, -0.25) is 0 Å². The average Bonchev–Trinajstić information content (AvgIpc) is 1.96. The fourth-order valence-corrected chi connectivity index (χ4v) is 1.37. The SMILES string of the molecule is CCC(=NOC)C(=O)O[Si](C)(C)C. The highest BCUT2D eigenvalue weighted by atomic mass is 28.4. The van der Waals surface area contributed by atoms with Crippen molar-refractivity contribution in [2.75, 3.05) is 7.11 Å². The molecule has 0 N–H and O–H groups in total. The van der Waals surface area contributed by atoms with E-state index in [4.69, 9.17) is 4.43 Å². The van der Waals surface area contributed by atoms with Gasteiger partial charge in [-0.2, -0.15) is 0 Å². The normalized spacial score (nSPS) is 12.5. The van der Waals surface area contributed by atoms with Gasteiger partial charge in [-0.15, -0.1) is 0 Å². The monoisotopic (exact) mass is 203 g/mol. The van der Waals surface area contributed by atoms with Crippen molar-refractivity contribution in [3.05, 3.63) is 0 Å². The zero-order chi connectivity index (χ0) is 10.5. The molecule has 0 aromatic heterocycles. The summed E-state index contributed by atoms with van der Waals surface area (Å²) in [5, 5.41) is 3.59. The zero-order valence-electron chi connectivity index (χ0n) is 8.88. The van der Waals surface area contributed by atoms with Crippen LogP contribution in [-0.2, 0) is 14.1 Å². The van der Waals surface area contributed by atoms with Crippen molar-refractivity contribution in [3.63, 3.8) is 0 Å². The second-order valence-corrected chi connectivity index (χ2v) is 8.00. The Bertz CT molecular complexity index is 208. The number of rotatable bonds is 4. The third-order valence-electron chi connectivity index (χ3n) is 1.17.